The van der Waals surface area contributed by atoms with Gasteiger partial charge in [0, 0.05) is 29.3 Å². The molecule has 0 fully saturated rings. The molecule has 2 aromatic carbocycles. The van der Waals surface area contributed by atoms with E-state index in [1.165, 1.54) is 0 Å². The van der Waals surface area contributed by atoms with E-state index in [2.05, 4.69) is 10.3 Å². The van der Waals surface area contributed by atoms with Crippen molar-refractivity contribution in [3.63, 3.8) is 0 Å². The maximum atomic E-state index is 13.7. The van der Waals surface area contributed by atoms with Crippen molar-refractivity contribution in [2.24, 2.45) is 0 Å². The summed E-state index contributed by atoms with van der Waals surface area (Å²) >= 11 is 0. The van der Waals surface area contributed by atoms with E-state index in [4.69, 9.17) is 4.42 Å². The van der Waals surface area contributed by atoms with E-state index >= 15 is 0 Å². The Hall–Kier alpha value is -3.22. The molecule has 7 heteroatoms. The summed E-state index contributed by atoms with van der Waals surface area (Å²) < 4.78 is 32.4. The van der Waals surface area contributed by atoms with Gasteiger partial charge in [-0.2, -0.15) is 0 Å². The van der Waals surface area contributed by atoms with Gasteiger partial charge in [-0.25, -0.2) is 13.8 Å². The van der Waals surface area contributed by atoms with E-state index < -0.39 is 28.9 Å². The largest absolute Gasteiger partial charge is 0.507 e. The van der Waals surface area contributed by atoms with Crippen LogP contribution in [0.2, 0.25) is 0 Å². The number of phenolic OH excluding ortho intramolecular Hbond substituents is 1. The van der Waals surface area contributed by atoms with Crippen molar-refractivity contribution in [2.45, 2.75) is 19.8 Å². The summed E-state index contributed by atoms with van der Waals surface area (Å²) in [5.41, 5.74) is 0.466. The average Bonchev–Trinajstić information content (AvgIpc) is 3.04. The fourth-order valence-corrected chi connectivity index (χ4v) is 2.36. The highest BCUT2D eigenvalue weighted by atomic mass is 19.1. The number of nitrogens with one attached hydrogen (secondary N) is 1. The van der Waals surface area contributed by atoms with Gasteiger partial charge in [0.2, 0.25) is 5.89 Å². The van der Waals surface area contributed by atoms with Crippen LogP contribution in [0.4, 0.5) is 14.5 Å². The molecular formula is C19H16F2N2O3. The highest BCUT2D eigenvalue weighted by Crippen LogP contribution is 2.26. The van der Waals surface area contributed by atoms with Crippen molar-refractivity contribution >= 4 is 11.6 Å². The molecule has 1 heterocycles. The lowest BCUT2D eigenvalue weighted by molar-refractivity contribution is 0.102. The van der Waals surface area contributed by atoms with Crippen LogP contribution >= 0.6 is 0 Å². The van der Waals surface area contributed by atoms with Crippen LogP contribution in [0.1, 0.15) is 35.9 Å². The van der Waals surface area contributed by atoms with Crippen LogP contribution in [0.3, 0.4) is 0 Å². The lowest BCUT2D eigenvalue weighted by atomic mass is 10.1. The number of anilines is 1. The van der Waals surface area contributed by atoms with E-state index in [0.717, 1.165) is 5.76 Å². The first-order chi connectivity index (χ1) is 12.3. The summed E-state index contributed by atoms with van der Waals surface area (Å²) in [6.45, 7) is 3.99. The normalized spacial score (nSPS) is 11.0. The number of nitrogens with zero attached hydrogens (tertiary/aromatic N) is 1. The Balaban J connectivity index is 1.78. The van der Waals surface area contributed by atoms with Gasteiger partial charge >= 0.3 is 0 Å². The zero-order chi connectivity index (χ0) is 18.8. The molecule has 5 nitrogen and oxygen atoms in total. The van der Waals surface area contributed by atoms with Crippen LogP contribution < -0.4 is 5.32 Å². The molecule has 26 heavy (non-hydrogen) atoms. The maximum absolute atomic E-state index is 13.7. The number of carbonyl (C=O) groups is 1. The van der Waals surface area contributed by atoms with Crippen molar-refractivity contribution in [3.8, 4) is 17.2 Å². The van der Waals surface area contributed by atoms with Crippen molar-refractivity contribution in [3.05, 3.63) is 65.6 Å². The van der Waals surface area contributed by atoms with Gasteiger partial charge in [-0.1, -0.05) is 13.8 Å². The second-order valence-corrected chi connectivity index (χ2v) is 6.04. The molecule has 0 radical (unpaired) electrons. The van der Waals surface area contributed by atoms with E-state index in [9.17, 15) is 18.7 Å². The Kier molecular flexibility index (Phi) is 4.71. The number of hydrogen-bond donors (Lipinski definition) is 2. The van der Waals surface area contributed by atoms with Gasteiger partial charge in [-0.15, -0.1) is 0 Å². The van der Waals surface area contributed by atoms with E-state index in [0.29, 0.717) is 29.3 Å². The third-order valence-corrected chi connectivity index (χ3v) is 3.74. The van der Waals surface area contributed by atoms with Crippen LogP contribution in [0.25, 0.3) is 11.5 Å². The molecule has 1 amide bonds. The second-order valence-electron chi connectivity index (χ2n) is 6.04. The van der Waals surface area contributed by atoms with E-state index in [1.807, 2.05) is 13.8 Å². The molecular weight excluding hydrogens is 342 g/mol. The van der Waals surface area contributed by atoms with Crippen LogP contribution in [0.15, 0.2) is 47.0 Å². The number of rotatable bonds is 4. The smallest absolute Gasteiger partial charge is 0.262 e. The highest BCUT2D eigenvalue weighted by molar-refractivity contribution is 6.06. The fourth-order valence-electron chi connectivity index (χ4n) is 2.36. The van der Waals surface area contributed by atoms with E-state index in [-0.39, 0.29) is 5.92 Å². The minimum atomic E-state index is -1.14. The number of benzene rings is 2. The summed E-state index contributed by atoms with van der Waals surface area (Å²) in [5, 5.41) is 12.0. The third kappa shape index (κ3) is 3.56. The van der Waals surface area contributed by atoms with Gasteiger partial charge in [0.25, 0.3) is 5.91 Å². The van der Waals surface area contributed by atoms with Gasteiger partial charge in [-0.3, -0.25) is 4.79 Å². The molecule has 0 aliphatic rings. The molecule has 0 aliphatic heterocycles. The van der Waals surface area contributed by atoms with Crippen molar-refractivity contribution in [1.82, 2.24) is 4.98 Å². The van der Waals surface area contributed by atoms with Crippen LogP contribution in [0, 0.1) is 11.6 Å². The monoisotopic (exact) mass is 358 g/mol. The van der Waals surface area contributed by atoms with Crippen LogP contribution in [-0.4, -0.2) is 16.0 Å². The molecule has 1 aromatic heterocycles. The lowest BCUT2D eigenvalue weighted by Crippen LogP contribution is -2.14. The van der Waals surface area contributed by atoms with Gasteiger partial charge in [-0.05, 0) is 24.3 Å². The Morgan fingerprint density at radius 1 is 1.19 bits per heavy atom. The minimum Gasteiger partial charge on any atom is -0.507 e. The molecule has 134 valence electrons. The first-order valence-electron chi connectivity index (χ1n) is 7.90. The first kappa shape index (κ1) is 17.6. The first-order valence-corrected chi connectivity index (χ1v) is 7.90. The summed E-state index contributed by atoms with van der Waals surface area (Å²) in [4.78, 5) is 16.3. The molecule has 3 rings (SSSR count). The minimum absolute atomic E-state index is 0.216. The Labute approximate surface area is 148 Å². The molecule has 0 atom stereocenters. The number of oxazole rings is 1. The van der Waals surface area contributed by atoms with Crippen molar-refractivity contribution in [2.75, 3.05) is 5.32 Å². The number of carbonyl (C=O) groups excluding carboxylic acids is 1. The summed E-state index contributed by atoms with van der Waals surface area (Å²) in [5.74, 6) is -2.32. The Morgan fingerprint density at radius 3 is 2.46 bits per heavy atom. The zero-order valence-electron chi connectivity index (χ0n) is 14.1. The molecule has 3 aromatic rings. The number of hydrogen-bond acceptors (Lipinski definition) is 4. The highest BCUT2D eigenvalue weighted by Gasteiger charge is 2.19. The lowest BCUT2D eigenvalue weighted by Gasteiger charge is -2.08. The van der Waals surface area contributed by atoms with Crippen LogP contribution in [-0.2, 0) is 0 Å². The second kappa shape index (κ2) is 6.95. The van der Waals surface area contributed by atoms with Gasteiger partial charge in [0.15, 0.2) is 0 Å². The Morgan fingerprint density at radius 2 is 1.88 bits per heavy atom. The Bertz CT molecular complexity index is 927. The molecule has 0 bridgehead atoms. The number of halogens is 2. The number of aromatic nitrogens is 1. The van der Waals surface area contributed by atoms with Crippen molar-refractivity contribution < 1.29 is 23.1 Å². The van der Waals surface area contributed by atoms with E-state index in [1.54, 1.807) is 30.5 Å². The summed E-state index contributed by atoms with van der Waals surface area (Å²) in [6, 6.07) is 7.76. The van der Waals surface area contributed by atoms with Crippen LogP contribution in [0.5, 0.6) is 5.75 Å². The zero-order valence-corrected chi connectivity index (χ0v) is 14.1. The fraction of sp³-hybridized carbons (Fsp3) is 0.158. The van der Waals surface area contributed by atoms with Crippen molar-refractivity contribution in [1.29, 1.82) is 0 Å². The molecule has 0 spiro atoms. The number of phenols is 1. The summed E-state index contributed by atoms with van der Waals surface area (Å²) in [7, 11) is 0. The summed E-state index contributed by atoms with van der Waals surface area (Å²) in [6.07, 6.45) is 1.66. The predicted molar refractivity (Wildman–Crippen MR) is 92.0 cm³/mol. The molecule has 0 unspecified atom stereocenters. The molecule has 0 saturated heterocycles. The maximum Gasteiger partial charge on any atom is 0.262 e. The van der Waals surface area contributed by atoms with Gasteiger partial charge < -0.3 is 14.8 Å². The average molecular weight is 358 g/mol. The van der Waals surface area contributed by atoms with Gasteiger partial charge in [0.05, 0.1) is 6.20 Å². The predicted octanol–water partition coefficient (Wildman–Crippen LogP) is 4.70. The third-order valence-electron chi connectivity index (χ3n) is 3.74. The molecule has 2 N–H and O–H groups in total. The molecule has 0 aliphatic carbocycles. The SMILES string of the molecule is CC(C)c1cnc(-c2ccc(NC(=O)c3c(O)cc(F)cc3F)cc2)o1. The standard InChI is InChI=1S/C19H16F2N2O3/c1-10(2)16-9-22-19(26-16)11-3-5-13(6-4-11)23-18(25)17-14(21)7-12(20)8-15(17)24/h3-10,24H,1-2H3,(H,23,25). The quantitative estimate of drug-likeness (QED) is 0.709. The number of amides is 1. The number of aromatic hydroxyl groups is 1. The topological polar surface area (TPSA) is 75.4 Å². The molecule has 0 saturated carbocycles. The van der Waals surface area contributed by atoms with Gasteiger partial charge in [0.1, 0.15) is 28.7 Å².